The summed E-state index contributed by atoms with van der Waals surface area (Å²) < 4.78 is 17.1. The topological polar surface area (TPSA) is 60.7 Å². The molecule has 5 heteroatoms. The van der Waals surface area contributed by atoms with Gasteiger partial charge in [0.25, 0.3) is 0 Å². The number of anilines is 1. The number of carbonyl (C=O) groups excluding carboxylic acids is 1. The Morgan fingerprint density at radius 1 is 1.06 bits per heavy atom. The normalized spacial score (nSPS) is 11.5. The van der Waals surface area contributed by atoms with E-state index in [9.17, 15) is 4.79 Å². The van der Waals surface area contributed by atoms with Crippen LogP contribution in [0, 0.1) is 13.8 Å². The third-order valence-electron chi connectivity index (χ3n) is 5.62. The van der Waals surface area contributed by atoms with Crippen LogP contribution in [0.2, 0.25) is 0 Å². The van der Waals surface area contributed by atoms with E-state index >= 15 is 0 Å². The summed E-state index contributed by atoms with van der Waals surface area (Å²) in [6.45, 7) is 8.37. The minimum absolute atomic E-state index is 0.190. The fourth-order valence-electron chi connectivity index (χ4n) is 4.15. The second kappa shape index (κ2) is 9.87. The van der Waals surface area contributed by atoms with E-state index in [4.69, 9.17) is 13.9 Å². The summed E-state index contributed by atoms with van der Waals surface area (Å²) in [6.07, 6.45) is 3.34. The number of ether oxygens (including phenoxy) is 2. The van der Waals surface area contributed by atoms with Crippen LogP contribution in [0.15, 0.2) is 71.4 Å². The van der Waals surface area contributed by atoms with E-state index in [2.05, 4.69) is 11.4 Å². The molecule has 1 aromatic heterocycles. The van der Waals surface area contributed by atoms with Crippen LogP contribution in [0.3, 0.4) is 0 Å². The van der Waals surface area contributed by atoms with Gasteiger partial charge in [-0.1, -0.05) is 18.2 Å². The lowest BCUT2D eigenvalue weighted by molar-refractivity contribution is -0.111. The van der Waals surface area contributed by atoms with Crippen molar-refractivity contribution >= 4 is 28.1 Å². The molecular weight excluding hydrogens is 426 g/mol. The second-order valence-corrected chi connectivity index (χ2v) is 8.35. The fraction of sp³-hybridized carbons (Fsp3) is 0.207. The van der Waals surface area contributed by atoms with E-state index in [0.717, 1.165) is 55.8 Å². The molecule has 0 saturated heterocycles. The summed E-state index contributed by atoms with van der Waals surface area (Å²) in [5.74, 6) is 1.26. The zero-order valence-electron chi connectivity index (χ0n) is 20.2. The molecule has 0 radical (unpaired) electrons. The largest absolute Gasteiger partial charge is 0.497 e. The van der Waals surface area contributed by atoms with Crippen LogP contribution < -0.4 is 14.8 Å². The van der Waals surface area contributed by atoms with Gasteiger partial charge in [0.2, 0.25) is 5.91 Å². The predicted molar refractivity (Wildman–Crippen MR) is 138 cm³/mol. The molecule has 0 fully saturated rings. The highest BCUT2D eigenvalue weighted by Crippen LogP contribution is 2.38. The van der Waals surface area contributed by atoms with E-state index in [1.807, 2.05) is 76.2 Å². The fourth-order valence-corrected chi connectivity index (χ4v) is 4.15. The van der Waals surface area contributed by atoms with Gasteiger partial charge in [0.05, 0.1) is 20.0 Å². The van der Waals surface area contributed by atoms with Crippen molar-refractivity contribution in [2.75, 3.05) is 19.0 Å². The molecule has 1 amide bonds. The quantitative estimate of drug-likeness (QED) is 0.300. The molecule has 1 N–H and O–H groups in total. The number of amides is 1. The molecule has 0 aliphatic rings. The molecule has 0 spiro atoms. The predicted octanol–water partition coefficient (Wildman–Crippen LogP) is 7.17. The van der Waals surface area contributed by atoms with Gasteiger partial charge in [-0.15, -0.1) is 0 Å². The lowest BCUT2D eigenvalue weighted by Gasteiger charge is -2.12. The molecule has 0 aliphatic carbocycles. The Balaban J connectivity index is 1.73. The van der Waals surface area contributed by atoms with E-state index in [-0.39, 0.29) is 5.91 Å². The third kappa shape index (κ3) is 4.99. The van der Waals surface area contributed by atoms with Crippen LogP contribution in [0.4, 0.5) is 5.69 Å². The Morgan fingerprint density at radius 2 is 1.82 bits per heavy atom. The molecule has 0 atom stereocenters. The van der Waals surface area contributed by atoms with E-state index in [1.54, 1.807) is 19.4 Å². The molecule has 5 nitrogen and oxygen atoms in total. The number of furan rings is 1. The number of rotatable bonds is 7. The maximum Gasteiger partial charge on any atom is 0.248 e. The Labute approximate surface area is 200 Å². The van der Waals surface area contributed by atoms with E-state index in [0.29, 0.717) is 12.4 Å². The number of hydrogen-bond acceptors (Lipinski definition) is 4. The highest BCUT2D eigenvalue weighted by atomic mass is 16.5. The number of methoxy groups -OCH3 is 1. The van der Waals surface area contributed by atoms with Crippen molar-refractivity contribution < 1.29 is 18.7 Å². The molecular formula is C29H29NO4. The van der Waals surface area contributed by atoms with Crippen LogP contribution in [0.1, 0.15) is 30.5 Å². The molecule has 0 bridgehead atoms. The van der Waals surface area contributed by atoms with Crippen LogP contribution in [0.5, 0.6) is 11.5 Å². The molecule has 0 unspecified atom stereocenters. The monoisotopic (exact) mass is 455 g/mol. The van der Waals surface area contributed by atoms with Crippen molar-refractivity contribution in [2.45, 2.75) is 27.7 Å². The number of nitrogens with one attached hydrogen (secondary N) is 1. The van der Waals surface area contributed by atoms with Crippen LogP contribution in [-0.4, -0.2) is 19.6 Å². The Morgan fingerprint density at radius 3 is 2.53 bits per heavy atom. The third-order valence-corrected chi connectivity index (χ3v) is 5.62. The first-order valence-electron chi connectivity index (χ1n) is 11.3. The Hall–Kier alpha value is -3.99. The molecule has 4 aromatic rings. The van der Waals surface area contributed by atoms with Crippen molar-refractivity contribution in [3.63, 3.8) is 0 Å². The average molecular weight is 456 g/mol. The van der Waals surface area contributed by atoms with Crippen molar-refractivity contribution in [3.8, 4) is 22.6 Å². The van der Waals surface area contributed by atoms with Gasteiger partial charge in [-0.3, -0.25) is 4.79 Å². The molecule has 34 heavy (non-hydrogen) atoms. The molecule has 4 rings (SSSR count). The number of carbonyl (C=O) groups is 1. The van der Waals surface area contributed by atoms with Crippen LogP contribution >= 0.6 is 0 Å². The summed E-state index contributed by atoms with van der Waals surface area (Å²) in [5.41, 5.74) is 7.28. The molecule has 174 valence electrons. The first kappa shape index (κ1) is 23.2. The molecule has 0 aliphatic heterocycles. The van der Waals surface area contributed by atoms with Crippen molar-refractivity contribution in [2.24, 2.45) is 0 Å². The lowest BCUT2D eigenvalue weighted by Crippen LogP contribution is -2.09. The summed E-state index contributed by atoms with van der Waals surface area (Å²) >= 11 is 0. The van der Waals surface area contributed by atoms with Crippen molar-refractivity contribution in [1.82, 2.24) is 0 Å². The molecule has 3 aromatic carbocycles. The highest BCUT2D eigenvalue weighted by Gasteiger charge is 2.16. The van der Waals surface area contributed by atoms with Crippen molar-refractivity contribution in [3.05, 3.63) is 83.6 Å². The molecule has 0 saturated carbocycles. The Kier molecular flexibility index (Phi) is 6.73. The standard InChI is InChI=1S/C29H29NO4/c1-6-33-27-16-28-25(26(17-34-28)21-8-7-9-23(14-21)32-5)15-24(27)20(4)13-29(31)30-22-11-18(2)10-19(3)12-22/h7-17H,6H2,1-5H3,(H,30,31)/b20-13+. The van der Waals surface area contributed by atoms with Gasteiger partial charge in [0.15, 0.2) is 0 Å². The number of hydrogen-bond donors (Lipinski definition) is 1. The van der Waals surface area contributed by atoms with Crippen LogP contribution in [-0.2, 0) is 4.79 Å². The molecule has 1 heterocycles. The van der Waals surface area contributed by atoms with Gasteiger partial charge in [0, 0.05) is 34.3 Å². The van der Waals surface area contributed by atoms with Gasteiger partial charge >= 0.3 is 0 Å². The summed E-state index contributed by atoms with van der Waals surface area (Å²) in [5, 5.41) is 3.91. The Bertz CT molecular complexity index is 1360. The number of allylic oxidation sites excluding steroid dienone is 1. The number of aryl methyl sites for hydroxylation is 2. The van der Waals surface area contributed by atoms with Crippen molar-refractivity contribution in [1.29, 1.82) is 0 Å². The smallest absolute Gasteiger partial charge is 0.248 e. The van der Waals surface area contributed by atoms with Gasteiger partial charge in [-0.25, -0.2) is 0 Å². The SMILES string of the molecule is CCOc1cc2occ(-c3cccc(OC)c3)c2cc1/C(C)=C/C(=O)Nc1cc(C)cc(C)c1. The van der Waals surface area contributed by atoms with E-state index < -0.39 is 0 Å². The van der Waals surface area contributed by atoms with Gasteiger partial charge in [-0.05, 0) is 80.3 Å². The minimum atomic E-state index is -0.190. The van der Waals surface area contributed by atoms with Gasteiger partial charge in [0.1, 0.15) is 17.1 Å². The highest BCUT2D eigenvalue weighted by molar-refractivity contribution is 6.05. The second-order valence-electron chi connectivity index (χ2n) is 8.35. The zero-order valence-corrected chi connectivity index (χ0v) is 20.2. The zero-order chi connectivity index (χ0) is 24.2. The lowest BCUT2D eigenvalue weighted by atomic mass is 9.99. The van der Waals surface area contributed by atoms with E-state index in [1.165, 1.54) is 0 Å². The minimum Gasteiger partial charge on any atom is -0.497 e. The summed E-state index contributed by atoms with van der Waals surface area (Å²) in [7, 11) is 1.65. The first-order chi connectivity index (χ1) is 16.4. The number of benzene rings is 3. The van der Waals surface area contributed by atoms with Crippen LogP contribution in [0.25, 0.3) is 27.7 Å². The first-order valence-corrected chi connectivity index (χ1v) is 11.3. The summed E-state index contributed by atoms with van der Waals surface area (Å²) in [4.78, 5) is 12.8. The maximum absolute atomic E-state index is 12.8. The number of fused-ring (bicyclic) bond motifs is 1. The summed E-state index contributed by atoms with van der Waals surface area (Å²) in [6, 6.07) is 17.7. The van der Waals surface area contributed by atoms with Gasteiger partial charge < -0.3 is 19.2 Å². The average Bonchev–Trinajstić information content (AvgIpc) is 3.20. The maximum atomic E-state index is 12.8. The van der Waals surface area contributed by atoms with Gasteiger partial charge in [-0.2, -0.15) is 0 Å².